The monoisotopic (exact) mass is 456 g/mol. The summed E-state index contributed by atoms with van der Waals surface area (Å²) in [7, 11) is -3.62. The number of hydrogen-bond acceptors (Lipinski definition) is 5. The van der Waals surface area contributed by atoms with Gasteiger partial charge in [-0.2, -0.15) is 4.31 Å². The first kappa shape index (κ1) is 22.5. The van der Waals surface area contributed by atoms with E-state index in [9.17, 15) is 18.0 Å². The van der Waals surface area contributed by atoms with Gasteiger partial charge in [0.05, 0.1) is 10.5 Å². The quantitative estimate of drug-likeness (QED) is 0.645. The van der Waals surface area contributed by atoms with E-state index in [1.54, 1.807) is 24.3 Å². The third-order valence-corrected chi connectivity index (χ3v) is 7.96. The number of piperidine rings is 1. The summed E-state index contributed by atoms with van der Waals surface area (Å²) in [4.78, 5) is 25.6. The molecule has 2 aliphatic rings. The molecule has 0 radical (unpaired) electrons. The molecule has 1 saturated carbocycles. The molecule has 2 atom stereocenters. The number of nitrogens with one attached hydrogen (secondary N) is 1. The lowest BCUT2D eigenvalue weighted by Gasteiger charge is -2.32. The van der Waals surface area contributed by atoms with Crippen molar-refractivity contribution >= 4 is 21.9 Å². The van der Waals surface area contributed by atoms with E-state index >= 15 is 0 Å². The third kappa shape index (κ3) is 5.02. The Hall–Kier alpha value is -2.71. The lowest BCUT2D eigenvalue weighted by Crippen LogP contribution is -2.41. The van der Waals surface area contributed by atoms with Gasteiger partial charge in [-0.25, -0.2) is 13.2 Å². The van der Waals surface area contributed by atoms with Crippen LogP contribution in [0.4, 0.5) is 0 Å². The number of sulfonamides is 1. The highest BCUT2D eigenvalue weighted by Crippen LogP contribution is 2.27. The Morgan fingerprint density at radius 3 is 2.31 bits per heavy atom. The maximum Gasteiger partial charge on any atom is 0.339 e. The van der Waals surface area contributed by atoms with Crippen LogP contribution < -0.4 is 5.32 Å². The van der Waals surface area contributed by atoms with Gasteiger partial charge in [-0.1, -0.05) is 36.8 Å². The Balaban J connectivity index is 1.50. The number of rotatable bonds is 7. The van der Waals surface area contributed by atoms with Gasteiger partial charge in [0.1, 0.15) is 0 Å². The van der Waals surface area contributed by atoms with Crippen molar-refractivity contribution in [3.63, 3.8) is 0 Å². The Kier molecular flexibility index (Phi) is 6.62. The Morgan fingerprint density at radius 2 is 1.69 bits per heavy atom. The van der Waals surface area contributed by atoms with Gasteiger partial charge in [-0.15, -0.1) is 0 Å². The second-order valence-electron chi connectivity index (χ2n) is 8.46. The van der Waals surface area contributed by atoms with Gasteiger partial charge in [-0.05, 0) is 56.9 Å². The molecule has 2 fully saturated rings. The van der Waals surface area contributed by atoms with Crippen LogP contribution in [0.25, 0.3) is 0 Å². The molecule has 170 valence electrons. The molecule has 7 nitrogen and oxygen atoms in total. The minimum absolute atomic E-state index is 0.0463. The van der Waals surface area contributed by atoms with Gasteiger partial charge in [-0.3, -0.25) is 4.79 Å². The van der Waals surface area contributed by atoms with E-state index in [-0.39, 0.29) is 28.4 Å². The SMILES string of the molecule is C[C@H]1CCCCN1S(=O)(=O)c1ccc(C(=O)O[C@H](C(=O)NC2CC2)c2ccccc2)cc1. The first-order valence-electron chi connectivity index (χ1n) is 11.0. The molecule has 0 bridgehead atoms. The fourth-order valence-electron chi connectivity index (χ4n) is 3.91. The van der Waals surface area contributed by atoms with Crippen LogP contribution in [0.15, 0.2) is 59.5 Å². The molecule has 1 heterocycles. The van der Waals surface area contributed by atoms with Gasteiger partial charge in [0.2, 0.25) is 16.1 Å². The zero-order valence-electron chi connectivity index (χ0n) is 18.1. The average Bonchev–Trinajstić information content (AvgIpc) is 3.62. The second-order valence-corrected chi connectivity index (χ2v) is 10.4. The van der Waals surface area contributed by atoms with Crippen molar-refractivity contribution in [2.45, 2.75) is 62.1 Å². The fraction of sp³-hybridized carbons (Fsp3) is 0.417. The summed E-state index contributed by atoms with van der Waals surface area (Å²) in [6.45, 7) is 2.42. The first-order chi connectivity index (χ1) is 15.4. The van der Waals surface area contributed by atoms with Crippen LogP contribution in [0.3, 0.4) is 0 Å². The minimum Gasteiger partial charge on any atom is -0.444 e. The molecular formula is C24H28N2O5S. The summed E-state index contributed by atoms with van der Waals surface area (Å²) >= 11 is 0. The highest BCUT2D eigenvalue weighted by atomic mass is 32.2. The smallest absolute Gasteiger partial charge is 0.339 e. The van der Waals surface area contributed by atoms with Crippen molar-refractivity contribution in [1.82, 2.24) is 9.62 Å². The molecule has 0 unspecified atom stereocenters. The molecular weight excluding hydrogens is 428 g/mol. The number of esters is 1. The Bertz CT molecular complexity index is 1070. The molecule has 0 aromatic heterocycles. The normalized spacial score (nSPS) is 20.3. The maximum absolute atomic E-state index is 13.0. The van der Waals surface area contributed by atoms with Crippen molar-refractivity contribution in [3.05, 3.63) is 65.7 Å². The van der Waals surface area contributed by atoms with E-state index in [4.69, 9.17) is 4.74 Å². The molecule has 32 heavy (non-hydrogen) atoms. The van der Waals surface area contributed by atoms with Gasteiger partial charge in [0.25, 0.3) is 5.91 Å². The molecule has 1 aliphatic heterocycles. The fourth-order valence-corrected chi connectivity index (χ4v) is 5.61. The van der Waals surface area contributed by atoms with Crippen molar-refractivity contribution in [2.75, 3.05) is 6.54 Å². The highest BCUT2D eigenvalue weighted by molar-refractivity contribution is 7.89. The van der Waals surface area contributed by atoms with Gasteiger partial charge in [0, 0.05) is 24.2 Å². The average molecular weight is 457 g/mol. The van der Waals surface area contributed by atoms with E-state index in [1.165, 1.54) is 28.6 Å². The van der Waals surface area contributed by atoms with E-state index in [2.05, 4.69) is 5.32 Å². The van der Waals surface area contributed by atoms with Crippen LogP contribution in [0.1, 0.15) is 61.1 Å². The maximum atomic E-state index is 13.0. The number of carbonyl (C=O) groups is 2. The molecule has 1 amide bonds. The number of hydrogen-bond donors (Lipinski definition) is 1. The molecule has 2 aromatic carbocycles. The third-order valence-electron chi connectivity index (χ3n) is 5.93. The van der Waals surface area contributed by atoms with Crippen molar-refractivity contribution in [1.29, 1.82) is 0 Å². The zero-order valence-corrected chi connectivity index (χ0v) is 18.9. The predicted octanol–water partition coefficient (Wildman–Crippen LogP) is 3.43. The summed E-state index contributed by atoms with van der Waals surface area (Å²) in [5.41, 5.74) is 0.771. The van der Waals surface area contributed by atoms with Crippen LogP contribution in [-0.2, 0) is 19.6 Å². The number of carbonyl (C=O) groups excluding carboxylic acids is 2. The minimum atomic E-state index is -3.62. The summed E-state index contributed by atoms with van der Waals surface area (Å²) in [6, 6.07) is 14.7. The molecule has 1 saturated heterocycles. The molecule has 1 N–H and O–H groups in total. The van der Waals surface area contributed by atoms with Crippen LogP contribution >= 0.6 is 0 Å². The standard InChI is InChI=1S/C24H28N2O5S/c1-17-7-5-6-16-26(17)32(29,30)21-14-10-19(11-15-21)24(28)31-22(18-8-3-2-4-9-18)23(27)25-20-12-13-20/h2-4,8-11,14-15,17,20,22H,5-7,12-13,16H2,1H3,(H,25,27)/t17-,22-/m0/s1. The summed E-state index contributed by atoms with van der Waals surface area (Å²) < 4.78 is 33.1. The summed E-state index contributed by atoms with van der Waals surface area (Å²) in [5, 5.41) is 2.88. The van der Waals surface area contributed by atoms with E-state index in [1.807, 2.05) is 13.0 Å². The van der Waals surface area contributed by atoms with Crippen molar-refractivity contribution in [2.24, 2.45) is 0 Å². The van der Waals surface area contributed by atoms with Crippen molar-refractivity contribution < 1.29 is 22.7 Å². The van der Waals surface area contributed by atoms with Crippen LogP contribution in [0.2, 0.25) is 0 Å². The molecule has 0 spiro atoms. The van der Waals surface area contributed by atoms with Gasteiger partial charge < -0.3 is 10.1 Å². The largest absolute Gasteiger partial charge is 0.444 e. The molecule has 2 aromatic rings. The van der Waals surface area contributed by atoms with Gasteiger partial charge >= 0.3 is 5.97 Å². The molecule has 8 heteroatoms. The van der Waals surface area contributed by atoms with Crippen LogP contribution in [0, 0.1) is 0 Å². The Labute approximate surface area is 188 Å². The summed E-state index contributed by atoms with van der Waals surface area (Å²) in [6.07, 6.45) is 3.49. The molecule has 1 aliphatic carbocycles. The summed E-state index contributed by atoms with van der Waals surface area (Å²) in [5.74, 6) is -1.04. The zero-order chi connectivity index (χ0) is 22.7. The number of amides is 1. The van der Waals surface area contributed by atoms with Crippen LogP contribution in [0.5, 0.6) is 0 Å². The number of benzene rings is 2. The van der Waals surface area contributed by atoms with E-state index in [0.717, 1.165) is 32.1 Å². The Morgan fingerprint density at radius 1 is 1.00 bits per heavy atom. The van der Waals surface area contributed by atoms with Crippen LogP contribution in [-0.4, -0.2) is 43.2 Å². The first-order valence-corrected chi connectivity index (χ1v) is 12.5. The topological polar surface area (TPSA) is 92.8 Å². The highest BCUT2D eigenvalue weighted by Gasteiger charge is 2.32. The van der Waals surface area contributed by atoms with E-state index in [0.29, 0.717) is 12.1 Å². The molecule has 4 rings (SSSR count). The van der Waals surface area contributed by atoms with Crippen molar-refractivity contribution in [3.8, 4) is 0 Å². The van der Waals surface area contributed by atoms with Gasteiger partial charge in [0.15, 0.2) is 0 Å². The lowest BCUT2D eigenvalue weighted by molar-refractivity contribution is -0.130. The number of nitrogens with zero attached hydrogens (tertiary/aromatic N) is 1. The van der Waals surface area contributed by atoms with E-state index < -0.39 is 22.1 Å². The number of ether oxygens (including phenoxy) is 1. The predicted molar refractivity (Wildman–Crippen MR) is 119 cm³/mol. The lowest BCUT2D eigenvalue weighted by atomic mass is 10.1. The second kappa shape index (κ2) is 9.42.